The van der Waals surface area contributed by atoms with Gasteiger partial charge in [0.1, 0.15) is 0 Å². The zero-order valence-corrected chi connectivity index (χ0v) is 13.6. The monoisotopic (exact) mass is 313 g/mol. The molecule has 0 radical (unpaired) electrons. The molecule has 1 heterocycles. The van der Waals surface area contributed by atoms with E-state index in [0.717, 1.165) is 41.6 Å². The van der Waals surface area contributed by atoms with Crippen molar-refractivity contribution in [2.24, 2.45) is 5.92 Å². The SMILES string of the molecule is CC1CCc2sc(C(=O)NCCSCCCO)cc2C1. The summed E-state index contributed by atoms with van der Waals surface area (Å²) < 4.78 is 0. The van der Waals surface area contributed by atoms with E-state index in [1.54, 1.807) is 23.1 Å². The molecule has 20 heavy (non-hydrogen) atoms. The molecule has 0 saturated heterocycles. The Morgan fingerprint density at radius 3 is 3.20 bits per heavy atom. The summed E-state index contributed by atoms with van der Waals surface area (Å²) in [6, 6.07) is 2.09. The Hall–Kier alpha value is -0.520. The molecular weight excluding hydrogens is 290 g/mol. The number of amides is 1. The molecule has 1 unspecified atom stereocenters. The lowest BCUT2D eigenvalue weighted by Gasteiger charge is -2.16. The van der Waals surface area contributed by atoms with Crippen LogP contribution in [0.2, 0.25) is 0 Å². The fourth-order valence-electron chi connectivity index (χ4n) is 2.41. The number of carbonyl (C=O) groups excluding carboxylic acids is 1. The van der Waals surface area contributed by atoms with Gasteiger partial charge >= 0.3 is 0 Å². The molecule has 1 aromatic heterocycles. The van der Waals surface area contributed by atoms with Crippen molar-refractivity contribution >= 4 is 29.0 Å². The van der Waals surface area contributed by atoms with Crippen LogP contribution in [0.5, 0.6) is 0 Å². The number of thioether (sulfide) groups is 1. The summed E-state index contributed by atoms with van der Waals surface area (Å²) in [5, 5.41) is 11.7. The second-order valence-corrected chi connectivity index (χ2v) is 7.71. The zero-order chi connectivity index (χ0) is 14.4. The Balaban J connectivity index is 1.75. The Kier molecular flexibility index (Phi) is 6.39. The van der Waals surface area contributed by atoms with E-state index in [-0.39, 0.29) is 12.5 Å². The molecule has 3 nitrogen and oxygen atoms in total. The average molecular weight is 313 g/mol. The van der Waals surface area contributed by atoms with Gasteiger partial charge in [-0.15, -0.1) is 11.3 Å². The van der Waals surface area contributed by atoms with Crippen LogP contribution in [0.15, 0.2) is 6.07 Å². The molecule has 0 bridgehead atoms. The maximum atomic E-state index is 12.1. The van der Waals surface area contributed by atoms with E-state index in [9.17, 15) is 4.79 Å². The molecule has 2 rings (SSSR count). The van der Waals surface area contributed by atoms with Crippen molar-refractivity contribution in [3.63, 3.8) is 0 Å². The van der Waals surface area contributed by atoms with Crippen molar-refractivity contribution in [3.05, 3.63) is 21.4 Å². The smallest absolute Gasteiger partial charge is 0.261 e. The van der Waals surface area contributed by atoms with E-state index in [2.05, 4.69) is 18.3 Å². The lowest BCUT2D eigenvalue weighted by atomic mass is 9.90. The van der Waals surface area contributed by atoms with Gasteiger partial charge in [0, 0.05) is 23.8 Å². The van der Waals surface area contributed by atoms with Crippen molar-refractivity contribution in [2.75, 3.05) is 24.7 Å². The van der Waals surface area contributed by atoms with Gasteiger partial charge in [-0.05, 0) is 49.0 Å². The Morgan fingerprint density at radius 2 is 2.40 bits per heavy atom. The highest BCUT2D eigenvalue weighted by atomic mass is 32.2. The number of aliphatic hydroxyl groups is 1. The molecule has 1 atom stereocenters. The molecule has 1 aliphatic carbocycles. The highest BCUT2D eigenvalue weighted by Gasteiger charge is 2.20. The van der Waals surface area contributed by atoms with Crippen LogP contribution >= 0.6 is 23.1 Å². The number of aliphatic hydroxyl groups excluding tert-OH is 1. The van der Waals surface area contributed by atoms with Gasteiger partial charge < -0.3 is 10.4 Å². The molecule has 1 aromatic rings. The normalized spacial score (nSPS) is 17.8. The molecular formula is C15H23NO2S2. The predicted molar refractivity (Wildman–Crippen MR) is 86.9 cm³/mol. The number of hydrogen-bond acceptors (Lipinski definition) is 4. The van der Waals surface area contributed by atoms with Crippen molar-refractivity contribution in [2.45, 2.75) is 32.6 Å². The van der Waals surface area contributed by atoms with Gasteiger partial charge in [-0.3, -0.25) is 4.79 Å². The summed E-state index contributed by atoms with van der Waals surface area (Å²) in [6.45, 7) is 3.23. The largest absolute Gasteiger partial charge is 0.396 e. The molecule has 0 fully saturated rings. The van der Waals surface area contributed by atoms with Crippen molar-refractivity contribution in [1.29, 1.82) is 0 Å². The van der Waals surface area contributed by atoms with Crippen molar-refractivity contribution in [1.82, 2.24) is 5.32 Å². The molecule has 112 valence electrons. The summed E-state index contributed by atoms with van der Waals surface area (Å²) in [4.78, 5) is 14.4. The van der Waals surface area contributed by atoms with E-state index in [1.807, 2.05) is 0 Å². The second-order valence-electron chi connectivity index (χ2n) is 5.35. The third kappa shape index (κ3) is 4.50. The fourth-order valence-corrected chi connectivity index (χ4v) is 4.32. The van der Waals surface area contributed by atoms with Gasteiger partial charge in [0.2, 0.25) is 0 Å². The first-order chi connectivity index (χ1) is 9.70. The van der Waals surface area contributed by atoms with Crippen LogP contribution in [-0.2, 0) is 12.8 Å². The predicted octanol–water partition coefficient (Wildman–Crippen LogP) is 2.72. The first-order valence-electron chi connectivity index (χ1n) is 7.29. The second kappa shape index (κ2) is 8.05. The first-order valence-corrected chi connectivity index (χ1v) is 9.26. The van der Waals surface area contributed by atoms with E-state index in [4.69, 9.17) is 5.11 Å². The molecule has 1 amide bonds. The van der Waals surface area contributed by atoms with E-state index >= 15 is 0 Å². The minimum Gasteiger partial charge on any atom is -0.396 e. The number of rotatable bonds is 7. The Labute approximate surface area is 129 Å². The summed E-state index contributed by atoms with van der Waals surface area (Å²) in [7, 11) is 0. The van der Waals surface area contributed by atoms with Crippen molar-refractivity contribution in [3.8, 4) is 0 Å². The molecule has 5 heteroatoms. The Bertz CT molecular complexity index is 445. The first kappa shape index (κ1) is 15.9. The molecule has 0 aromatic carbocycles. The molecule has 1 aliphatic rings. The third-order valence-electron chi connectivity index (χ3n) is 3.53. The van der Waals surface area contributed by atoms with Gasteiger partial charge in [0.25, 0.3) is 5.91 Å². The summed E-state index contributed by atoms with van der Waals surface area (Å²) in [6.07, 6.45) is 4.33. The number of nitrogens with one attached hydrogen (secondary N) is 1. The zero-order valence-electron chi connectivity index (χ0n) is 12.0. The highest BCUT2D eigenvalue weighted by Crippen LogP contribution is 2.32. The van der Waals surface area contributed by atoms with E-state index in [0.29, 0.717) is 6.54 Å². The number of carbonyl (C=O) groups is 1. The lowest BCUT2D eigenvalue weighted by molar-refractivity contribution is 0.0960. The van der Waals surface area contributed by atoms with Crippen molar-refractivity contribution < 1.29 is 9.90 Å². The van der Waals surface area contributed by atoms with Crippen LogP contribution in [0, 0.1) is 5.92 Å². The summed E-state index contributed by atoms with van der Waals surface area (Å²) in [5.41, 5.74) is 1.39. The van der Waals surface area contributed by atoms with Crippen LogP contribution in [0.25, 0.3) is 0 Å². The van der Waals surface area contributed by atoms with Gasteiger partial charge in [-0.2, -0.15) is 11.8 Å². The van der Waals surface area contributed by atoms with Gasteiger partial charge in [-0.1, -0.05) is 6.92 Å². The molecule has 0 saturated carbocycles. The summed E-state index contributed by atoms with van der Waals surface area (Å²) in [5.74, 6) is 2.68. The number of thiophene rings is 1. The summed E-state index contributed by atoms with van der Waals surface area (Å²) >= 11 is 3.44. The van der Waals surface area contributed by atoms with Crippen LogP contribution in [0.1, 0.15) is 39.9 Å². The minimum absolute atomic E-state index is 0.0693. The molecule has 2 N–H and O–H groups in total. The van der Waals surface area contributed by atoms with Crippen LogP contribution in [0.4, 0.5) is 0 Å². The average Bonchev–Trinajstić information content (AvgIpc) is 2.85. The molecule has 0 spiro atoms. The topological polar surface area (TPSA) is 49.3 Å². The number of fused-ring (bicyclic) bond motifs is 1. The standard InChI is InChI=1S/C15H23NO2S2/c1-11-3-4-13-12(9-11)10-14(20-13)15(18)16-5-8-19-7-2-6-17/h10-11,17H,2-9H2,1H3,(H,16,18). The number of hydrogen-bond donors (Lipinski definition) is 2. The van der Waals surface area contributed by atoms with Gasteiger partial charge in [-0.25, -0.2) is 0 Å². The molecule has 0 aliphatic heterocycles. The quantitative estimate of drug-likeness (QED) is 0.761. The number of aryl methyl sites for hydroxylation is 1. The third-order valence-corrected chi connectivity index (χ3v) is 5.84. The van der Waals surface area contributed by atoms with E-state index in [1.165, 1.54) is 16.9 Å². The lowest BCUT2D eigenvalue weighted by Crippen LogP contribution is -2.25. The van der Waals surface area contributed by atoms with Crippen LogP contribution in [0.3, 0.4) is 0 Å². The van der Waals surface area contributed by atoms with Crippen LogP contribution < -0.4 is 5.32 Å². The fraction of sp³-hybridized carbons (Fsp3) is 0.667. The maximum Gasteiger partial charge on any atom is 0.261 e. The van der Waals surface area contributed by atoms with Gasteiger partial charge in [0.15, 0.2) is 0 Å². The Morgan fingerprint density at radius 1 is 1.55 bits per heavy atom. The van der Waals surface area contributed by atoms with E-state index < -0.39 is 0 Å². The minimum atomic E-state index is 0.0693. The van der Waals surface area contributed by atoms with Gasteiger partial charge in [0.05, 0.1) is 4.88 Å². The maximum absolute atomic E-state index is 12.1. The van der Waals surface area contributed by atoms with Crippen LogP contribution in [-0.4, -0.2) is 35.7 Å². The highest BCUT2D eigenvalue weighted by molar-refractivity contribution is 7.99.